The molecule has 1 saturated heterocycles. The van der Waals surface area contributed by atoms with E-state index in [0.717, 1.165) is 18.7 Å². The maximum Gasteiger partial charge on any atom is 0.317 e. The molecule has 1 aliphatic heterocycles. The van der Waals surface area contributed by atoms with Crippen LogP contribution < -0.4 is 4.90 Å². The van der Waals surface area contributed by atoms with Crippen molar-refractivity contribution in [3.05, 3.63) is 29.8 Å². The Morgan fingerprint density at radius 2 is 2.00 bits per heavy atom. The van der Waals surface area contributed by atoms with Gasteiger partial charge in [0.25, 0.3) is 0 Å². The topological polar surface area (TPSA) is 47.0 Å². The van der Waals surface area contributed by atoms with E-state index < -0.39 is 5.97 Å². The first-order valence-electron chi connectivity index (χ1n) is 7.86. The molecule has 2 rings (SSSR count). The van der Waals surface area contributed by atoms with Crippen LogP contribution in [-0.2, 0) is 11.3 Å². The standard InChI is InChI=1S/C17H27N3O2/c1-18-9-7-15(8-10-18)20(3)16-6-4-5-14(11-16)12-19(2)13-17(21)22/h4-6,11,15H,7-10,12-13H2,1-3H3,(H,21,22). The molecule has 0 spiro atoms. The number of likely N-dealkylation sites (N-methyl/N-ethyl adjacent to an activating group) is 1. The minimum absolute atomic E-state index is 0.0645. The molecule has 0 unspecified atom stereocenters. The number of nitrogens with zero attached hydrogens (tertiary/aromatic N) is 3. The molecule has 1 aliphatic rings. The number of carboxylic acids is 1. The van der Waals surface area contributed by atoms with Crippen LogP contribution in [0.2, 0.25) is 0 Å². The summed E-state index contributed by atoms with van der Waals surface area (Å²) in [6, 6.07) is 9.02. The van der Waals surface area contributed by atoms with E-state index in [1.807, 2.05) is 11.9 Å². The highest BCUT2D eigenvalue weighted by Gasteiger charge is 2.20. The first-order valence-corrected chi connectivity index (χ1v) is 7.86. The number of hydrogen-bond donors (Lipinski definition) is 1. The molecular formula is C17H27N3O2. The Labute approximate surface area is 133 Å². The minimum Gasteiger partial charge on any atom is -0.480 e. The van der Waals surface area contributed by atoms with Gasteiger partial charge in [0.15, 0.2) is 0 Å². The second-order valence-corrected chi connectivity index (χ2v) is 6.38. The molecule has 1 aromatic carbocycles. The van der Waals surface area contributed by atoms with Crippen molar-refractivity contribution >= 4 is 11.7 Å². The lowest BCUT2D eigenvalue weighted by atomic mass is 10.0. The second-order valence-electron chi connectivity index (χ2n) is 6.38. The van der Waals surface area contributed by atoms with Crippen LogP contribution in [0.4, 0.5) is 5.69 Å². The summed E-state index contributed by atoms with van der Waals surface area (Å²) in [6.07, 6.45) is 2.38. The van der Waals surface area contributed by atoms with Gasteiger partial charge in [0, 0.05) is 25.3 Å². The highest BCUT2D eigenvalue weighted by Crippen LogP contribution is 2.23. The molecule has 1 fully saturated rings. The van der Waals surface area contributed by atoms with Crippen molar-refractivity contribution < 1.29 is 9.90 Å². The zero-order chi connectivity index (χ0) is 16.1. The largest absolute Gasteiger partial charge is 0.480 e. The molecule has 1 heterocycles. The van der Waals surface area contributed by atoms with E-state index in [9.17, 15) is 4.79 Å². The molecular weight excluding hydrogens is 278 g/mol. The Hall–Kier alpha value is -1.59. The van der Waals surface area contributed by atoms with Crippen molar-refractivity contribution in [2.24, 2.45) is 0 Å². The first-order chi connectivity index (χ1) is 10.5. The normalized spacial score (nSPS) is 16.9. The van der Waals surface area contributed by atoms with Gasteiger partial charge in [0.05, 0.1) is 6.54 Å². The van der Waals surface area contributed by atoms with Gasteiger partial charge in [-0.15, -0.1) is 0 Å². The number of benzene rings is 1. The highest BCUT2D eigenvalue weighted by molar-refractivity contribution is 5.69. The van der Waals surface area contributed by atoms with E-state index in [0.29, 0.717) is 12.6 Å². The first kappa shape index (κ1) is 16.8. The van der Waals surface area contributed by atoms with Crippen molar-refractivity contribution in [1.29, 1.82) is 0 Å². The van der Waals surface area contributed by atoms with Gasteiger partial charge in [-0.1, -0.05) is 12.1 Å². The van der Waals surface area contributed by atoms with Crippen molar-refractivity contribution in [1.82, 2.24) is 9.80 Å². The van der Waals surface area contributed by atoms with Crippen LogP contribution in [0, 0.1) is 0 Å². The van der Waals surface area contributed by atoms with Crippen LogP contribution in [0.25, 0.3) is 0 Å². The monoisotopic (exact) mass is 305 g/mol. The maximum absolute atomic E-state index is 10.8. The molecule has 0 aromatic heterocycles. The number of rotatable bonds is 6. The number of likely N-dealkylation sites (tertiary alicyclic amines) is 1. The third-order valence-electron chi connectivity index (χ3n) is 4.41. The fourth-order valence-electron chi connectivity index (χ4n) is 3.07. The van der Waals surface area contributed by atoms with Crippen LogP contribution >= 0.6 is 0 Å². The third kappa shape index (κ3) is 4.71. The molecule has 0 atom stereocenters. The van der Waals surface area contributed by atoms with Crippen LogP contribution in [0.15, 0.2) is 24.3 Å². The van der Waals surface area contributed by atoms with Gasteiger partial charge in [-0.05, 0) is 57.7 Å². The number of piperidine rings is 1. The van der Waals surface area contributed by atoms with Gasteiger partial charge in [-0.2, -0.15) is 0 Å². The molecule has 122 valence electrons. The van der Waals surface area contributed by atoms with Gasteiger partial charge in [-0.3, -0.25) is 9.69 Å². The summed E-state index contributed by atoms with van der Waals surface area (Å²) in [5, 5.41) is 8.84. The highest BCUT2D eigenvalue weighted by atomic mass is 16.4. The zero-order valence-electron chi connectivity index (χ0n) is 13.8. The van der Waals surface area contributed by atoms with E-state index in [4.69, 9.17) is 5.11 Å². The van der Waals surface area contributed by atoms with E-state index in [2.05, 4.69) is 48.2 Å². The predicted octanol–water partition coefficient (Wildman–Crippen LogP) is 1.73. The molecule has 0 bridgehead atoms. The Morgan fingerprint density at radius 1 is 1.32 bits per heavy atom. The SMILES string of the molecule is CN1CCC(N(C)c2cccc(CN(C)CC(=O)O)c2)CC1. The third-order valence-corrected chi connectivity index (χ3v) is 4.41. The molecule has 0 saturated carbocycles. The molecule has 5 nitrogen and oxygen atoms in total. The quantitative estimate of drug-likeness (QED) is 0.867. The average Bonchev–Trinajstić information content (AvgIpc) is 2.46. The zero-order valence-corrected chi connectivity index (χ0v) is 13.8. The van der Waals surface area contributed by atoms with Crippen molar-refractivity contribution in [3.63, 3.8) is 0 Å². The molecule has 1 aromatic rings. The van der Waals surface area contributed by atoms with E-state index in [1.54, 1.807) is 0 Å². The molecule has 0 aliphatic carbocycles. The lowest BCUT2D eigenvalue weighted by Gasteiger charge is -2.36. The summed E-state index contributed by atoms with van der Waals surface area (Å²) < 4.78 is 0. The van der Waals surface area contributed by atoms with Gasteiger partial charge in [-0.25, -0.2) is 0 Å². The van der Waals surface area contributed by atoms with E-state index >= 15 is 0 Å². The van der Waals surface area contributed by atoms with Crippen molar-refractivity contribution in [2.45, 2.75) is 25.4 Å². The van der Waals surface area contributed by atoms with E-state index in [1.165, 1.54) is 18.5 Å². The van der Waals surface area contributed by atoms with Gasteiger partial charge >= 0.3 is 5.97 Å². The lowest BCUT2D eigenvalue weighted by molar-refractivity contribution is -0.138. The average molecular weight is 305 g/mol. The second kappa shape index (κ2) is 7.61. The van der Waals surface area contributed by atoms with Crippen LogP contribution in [0.1, 0.15) is 18.4 Å². The summed E-state index contributed by atoms with van der Waals surface area (Å²) >= 11 is 0. The Kier molecular flexibility index (Phi) is 5.80. The van der Waals surface area contributed by atoms with Gasteiger partial charge < -0.3 is 14.9 Å². The number of carboxylic acid groups (broad SMARTS) is 1. The number of hydrogen-bond acceptors (Lipinski definition) is 4. The summed E-state index contributed by atoms with van der Waals surface area (Å²) in [6.45, 7) is 3.02. The van der Waals surface area contributed by atoms with Crippen LogP contribution in [0.3, 0.4) is 0 Å². The van der Waals surface area contributed by atoms with Gasteiger partial charge in [0.2, 0.25) is 0 Å². The molecule has 5 heteroatoms. The summed E-state index contributed by atoms with van der Waals surface area (Å²) in [5.74, 6) is -0.790. The Morgan fingerprint density at radius 3 is 2.64 bits per heavy atom. The molecule has 0 amide bonds. The number of anilines is 1. The van der Waals surface area contributed by atoms with Crippen LogP contribution in [-0.4, -0.2) is 67.7 Å². The summed E-state index contributed by atoms with van der Waals surface area (Å²) in [7, 11) is 6.17. The summed E-state index contributed by atoms with van der Waals surface area (Å²) in [4.78, 5) is 17.3. The number of carbonyl (C=O) groups is 1. The van der Waals surface area contributed by atoms with Crippen molar-refractivity contribution in [3.8, 4) is 0 Å². The fraction of sp³-hybridized carbons (Fsp3) is 0.588. The summed E-state index contributed by atoms with van der Waals surface area (Å²) in [5.41, 5.74) is 2.37. The molecule has 22 heavy (non-hydrogen) atoms. The predicted molar refractivity (Wildman–Crippen MR) is 89.3 cm³/mol. The van der Waals surface area contributed by atoms with Gasteiger partial charge in [0.1, 0.15) is 0 Å². The Bertz CT molecular complexity index is 498. The minimum atomic E-state index is -0.790. The lowest BCUT2D eigenvalue weighted by Crippen LogP contribution is -2.42. The van der Waals surface area contributed by atoms with Crippen LogP contribution in [0.5, 0.6) is 0 Å². The van der Waals surface area contributed by atoms with E-state index in [-0.39, 0.29) is 6.54 Å². The maximum atomic E-state index is 10.8. The Balaban J connectivity index is 1.99. The smallest absolute Gasteiger partial charge is 0.317 e. The molecule has 1 N–H and O–H groups in total. The van der Waals surface area contributed by atoms with Crippen molar-refractivity contribution in [2.75, 3.05) is 45.7 Å². The number of aliphatic carboxylic acids is 1. The molecule has 0 radical (unpaired) electrons. The fourth-order valence-corrected chi connectivity index (χ4v) is 3.07.